The van der Waals surface area contributed by atoms with Crippen LogP contribution in [0.4, 0.5) is 0 Å². The smallest absolute Gasteiger partial charge is 0.272 e. The first-order valence-electron chi connectivity index (χ1n) is 5.71. The van der Waals surface area contributed by atoms with E-state index in [0.717, 1.165) is 16.6 Å². The molecule has 0 fully saturated rings. The SMILES string of the molecule is Cc1cc2ccn(C(C)C(C)C)c2c(=O)[nH]1. The fourth-order valence-electron chi connectivity index (χ4n) is 2.00. The Balaban J connectivity index is 2.70. The Morgan fingerprint density at radius 1 is 1.31 bits per heavy atom. The standard InChI is InChI=1S/C13H18N2O/c1-8(2)10(4)15-6-5-11-7-9(3)14-13(16)12(11)15/h5-8,10H,1-4H3,(H,14,16). The summed E-state index contributed by atoms with van der Waals surface area (Å²) >= 11 is 0. The molecule has 1 N–H and O–H groups in total. The number of aromatic nitrogens is 2. The van der Waals surface area contributed by atoms with Crippen molar-refractivity contribution in [1.29, 1.82) is 0 Å². The lowest BCUT2D eigenvalue weighted by molar-refractivity contribution is 0.418. The zero-order valence-corrected chi connectivity index (χ0v) is 10.2. The third-order valence-corrected chi connectivity index (χ3v) is 3.25. The first-order valence-corrected chi connectivity index (χ1v) is 5.71. The van der Waals surface area contributed by atoms with Crippen molar-refractivity contribution in [1.82, 2.24) is 9.55 Å². The Hall–Kier alpha value is -1.51. The molecule has 0 amide bonds. The predicted octanol–water partition coefficient (Wildman–Crippen LogP) is 2.86. The monoisotopic (exact) mass is 218 g/mol. The van der Waals surface area contributed by atoms with Crippen molar-refractivity contribution in [3.63, 3.8) is 0 Å². The first kappa shape index (κ1) is 11.0. The topological polar surface area (TPSA) is 37.8 Å². The molecule has 0 spiro atoms. The van der Waals surface area contributed by atoms with Gasteiger partial charge >= 0.3 is 0 Å². The summed E-state index contributed by atoms with van der Waals surface area (Å²) < 4.78 is 2.07. The number of fused-ring (bicyclic) bond motifs is 1. The molecule has 0 aliphatic carbocycles. The summed E-state index contributed by atoms with van der Waals surface area (Å²) in [6.45, 7) is 8.38. The third-order valence-electron chi connectivity index (χ3n) is 3.25. The fraction of sp³-hybridized carbons (Fsp3) is 0.462. The van der Waals surface area contributed by atoms with Crippen molar-refractivity contribution in [2.75, 3.05) is 0 Å². The highest BCUT2D eigenvalue weighted by molar-refractivity contribution is 5.79. The highest BCUT2D eigenvalue weighted by Crippen LogP contribution is 2.22. The molecule has 16 heavy (non-hydrogen) atoms. The number of H-pyrrole nitrogens is 1. The molecule has 0 aliphatic rings. The van der Waals surface area contributed by atoms with E-state index in [4.69, 9.17) is 0 Å². The maximum atomic E-state index is 11.9. The summed E-state index contributed by atoms with van der Waals surface area (Å²) in [6, 6.07) is 4.36. The zero-order chi connectivity index (χ0) is 11.9. The third kappa shape index (κ3) is 1.66. The fourth-order valence-corrected chi connectivity index (χ4v) is 2.00. The van der Waals surface area contributed by atoms with Gasteiger partial charge in [-0.05, 0) is 31.9 Å². The Morgan fingerprint density at radius 3 is 2.62 bits per heavy atom. The highest BCUT2D eigenvalue weighted by atomic mass is 16.1. The van der Waals surface area contributed by atoms with E-state index in [1.54, 1.807) is 0 Å². The van der Waals surface area contributed by atoms with Crippen LogP contribution >= 0.6 is 0 Å². The highest BCUT2D eigenvalue weighted by Gasteiger charge is 2.13. The largest absolute Gasteiger partial charge is 0.340 e. The second-order valence-corrected chi connectivity index (χ2v) is 4.79. The van der Waals surface area contributed by atoms with E-state index >= 15 is 0 Å². The molecule has 3 nitrogen and oxygen atoms in total. The average molecular weight is 218 g/mol. The molecule has 2 heterocycles. The maximum absolute atomic E-state index is 11.9. The molecule has 0 saturated heterocycles. The van der Waals surface area contributed by atoms with E-state index < -0.39 is 0 Å². The normalized spacial score (nSPS) is 13.6. The maximum Gasteiger partial charge on any atom is 0.272 e. The lowest BCUT2D eigenvalue weighted by Gasteiger charge is -2.18. The quantitative estimate of drug-likeness (QED) is 0.827. The Kier molecular flexibility index (Phi) is 2.62. The van der Waals surface area contributed by atoms with Gasteiger partial charge in [-0.1, -0.05) is 13.8 Å². The average Bonchev–Trinajstić information content (AvgIpc) is 2.59. The van der Waals surface area contributed by atoms with E-state index in [1.165, 1.54) is 0 Å². The summed E-state index contributed by atoms with van der Waals surface area (Å²) in [6.07, 6.45) is 2.00. The number of rotatable bonds is 2. The Bertz CT molecular complexity index is 563. The Labute approximate surface area is 95.1 Å². The number of nitrogens with one attached hydrogen (secondary N) is 1. The van der Waals surface area contributed by atoms with Crippen LogP contribution in [-0.4, -0.2) is 9.55 Å². The second-order valence-electron chi connectivity index (χ2n) is 4.79. The molecule has 2 rings (SSSR count). The van der Waals surface area contributed by atoms with E-state index in [1.807, 2.05) is 25.3 Å². The molecule has 0 aliphatic heterocycles. The van der Waals surface area contributed by atoms with Gasteiger partial charge in [-0.25, -0.2) is 0 Å². The number of hydrogen-bond acceptors (Lipinski definition) is 1. The minimum Gasteiger partial charge on any atom is -0.340 e. The van der Waals surface area contributed by atoms with E-state index in [9.17, 15) is 4.79 Å². The molecule has 0 aromatic carbocycles. The number of aromatic amines is 1. The summed E-state index contributed by atoms with van der Waals surface area (Å²) in [5.41, 5.74) is 1.70. The number of pyridine rings is 1. The van der Waals surface area contributed by atoms with Gasteiger partial charge in [-0.15, -0.1) is 0 Å². The summed E-state index contributed by atoms with van der Waals surface area (Å²) in [4.78, 5) is 14.8. The molecule has 2 aromatic heterocycles. The van der Waals surface area contributed by atoms with Crippen LogP contribution in [0.25, 0.3) is 10.9 Å². The minimum atomic E-state index is 0.00694. The molecule has 0 radical (unpaired) electrons. The van der Waals surface area contributed by atoms with Gasteiger partial charge in [0.2, 0.25) is 0 Å². The van der Waals surface area contributed by atoms with Gasteiger partial charge in [0.1, 0.15) is 5.52 Å². The van der Waals surface area contributed by atoms with Crippen LogP contribution in [0.5, 0.6) is 0 Å². The van der Waals surface area contributed by atoms with Crippen molar-refractivity contribution in [3.05, 3.63) is 34.4 Å². The van der Waals surface area contributed by atoms with Gasteiger partial charge in [0.15, 0.2) is 0 Å². The summed E-state index contributed by atoms with van der Waals surface area (Å²) in [5, 5.41) is 1.02. The van der Waals surface area contributed by atoms with Gasteiger partial charge in [0.25, 0.3) is 5.56 Å². The number of aryl methyl sites for hydroxylation is 1. The molecule has 0 saturated carbocycles. The molecular formula is C13H18N2O. The number of hydrogen-bond donors (Lipinski definition) is 1. The zero-order valence-electron chi connectivity index (χ0n) is 10.2. The van der Waals surface area contributed by atoms with Crippen LogP contribution in [0.1, 0.15) is 32.5 Å². The molecule has 86 valence electrons. The van der Waals surface area contributed by atoms with Gasteiger partial charge in [0.05, 0.1) is 0 Å². The van der Waals surface area contributed by atoms with Crippen LogP contribution in [-0.2, 0) is 0 Å². The molecule has 3 heteroatoms. The van der Waals surface area contributed by atoms with E-state index in [0.29, 0.717) is 12.0 Å². The molecule has 1 atom stereocenters. The van der Waals surface area contributed by atoms with Gasteiger partial charge in [0, 0.05) is 23.3 Å². The van der Waals surface area contributed by atoms with Crippen molar-refractivity contribution in [2.45, 2.75) is 33.7 Å². The molecular weight excluding hydrogens is 200 g/mol. The van der Waals surface area contributed by atoms with Gasteiger partial charge in [-0.2, -0.15) is 0 Å². The number of nitrogens with zero attached hydrogens (tertiary/aromatic N) is 1. The lowest BCUT2D eigenvalue weighted by Crippen LogP contribution is -2.17. The van der Waals surface area contributed by atoms with Crippen molar-refractivity contribution in [2.24, 2.45) is 5.92 Å². The summed E-state index contributed by atoms with van der Waals surface area (Å²) in [7, 11) is 0. The molecule has 1 unspecified atom stereocenters. The lowest BCUT2D eigenvalue weighted by atomic mass is 10.1. The van der Waals surface area contributed by atoms with Crippen LogP contribution in [0.15, 0.2) is 23.1 Å². The predicted molar refractivity (Wildman–Crippen MR) is 66.8 cm³/mol. The van der Waals surface area contributed by atoms with Crippen molar-refractivity contribution >= 4 is 10.9 Å². The van der Waals surface area contributed by atoms with Gasteiger partial charge in [-0.3, -0.25) is 4.79 Å². The van der Waals surface area contributed by atoms with E-state index in [-0.39, 0.29) is 5.56 Å². The van der Waals surface area contributed by atoms with Gasteiger partial charge < -0.3 is 9.55 Å². The first-order chi connectivity index (χ1) is 7.50. The van der Waals surface area contributed by atoms with E-state index in [2.05, 4.69) is 30.3 Å². The molecule has 2 aromatic rings. The second kappa shape index (κ2) is 3.81. The summed E-state index contributed by atoms with van der Waals surface area (Å²) in [5.74, 6) is 0.510. The van der Waals surface area contributed by atoms with Crippen molar-refractivity contribution < 1.29 is 0 Å². The van der Waals surface area contributed by atoms with Crippen LogP contribution < -0.4 is 5.56 Å². The van der Waals surface area contributed by atoms with Crippen molar-refractivity contribution in [3.8, 4) is 0 Å². The van der Waals surface area contributed by atoms with Crippen LogP contribution in [0, 0.1) is 12.8 Å². The van der Waals surface area contributed by atoms with Crippen LogP contribution in [0.3, 0.4) is 0 Å². The molecule has 0 bridgehead atoms. The Morgan fingerprint density at radius 2 is 2.00 bits per heavy atom. The minimum absolute atomic E-state index is 0.00694. The van der Waals surface area contributed by atoms with Crippen LogP contribution in [0.2, 0.25) is 0 Å².